The van der Waals surface area contributed by atoms with Crippen molar-refractivity contribution in [3.8, 4) is 0 Å². The van der Waals surface area contributed by atoms with E-state index in [1.807, 2.05) is 13.8 Å². The van der Waals surface area contributed by atoms with E-state index in [0.29, 0.717) is 19.6 Å². The number of hydrogen-bond donors (Lipinski definition) is 3. The van der Waals surface area contributed by atoms with Gasteiger partial charge in [-0.3, -0.25) is 4.79 Å². The molecule has 1 aliphatic rings. The van der Waals surface area contributed by atoms with Crippen LogP contribution in [0.15, 0.2) is 0 Å². The molecule has 0 aromatic heterocycles. The van der Waals surface area contributed by atoms with E-state index in [9.17, 15) is 9.90 Å². The second kappa shape index (κ2) is 4.92. The summed E-state index contributed by atoms with van der Waals surface area (Å²) >= 11 is 0. The Labute approximate surface area is 90.2 Å². The summed E-state index contributed by atoms with van der Waals surface area (Å²) in [6.45, 7) is 4.76. The second-order valence-corrected chi connectivity index (χ2v) is 4.66. The third-order valence-electron chi connectivity index (χ3n) is 2.39. The van der Waals surface area contributed by atoms with Crippen molar-refractivity contribution >= 4 is 5.91 Å². The SMILES string of the molecule is COCC(C)(C)NC(=O)C1CC(O)CN1. The summed E-state index contributed by atoms with van der Waals surface area (Å²) < 4.78 is 5.01. The van der Waals surface area contributed by atoms with E-state index < -0.39 is 6.10 Å². The van der Waals surface area contributed by atoms with E-state index >= 15 is 0 Å². The van der Waals surface area contributed by atoms with Gasteiger partial charge < -0.3 is 20.5 Å². The third kappa shape index (κ3) is 3.77. The van der Waals surface area contributed by atoms with E-state index in [1.165, 1.54) is 0 Å². The first-order valence-electron chi connectivity index (χ1n) is 5.17. The van der Waals surface area contributed by atoms with E-state index in [2.05, 4.69) is 10.6 Å². The highest BCUT2D eigenvalue weighted by Gasteiger charge is 2.31. The van der Waals surface area contributed by atoms with Crippen molar-refractivity contribution in [1.82, 2.24) is 10.6 Å². The Morgan fingerprint density at radius 3 is 2.80 bits per heavy atom. The number of nitrogens with one attached hydrogen (secondary N) is 2. The summed E-state index contributed by atoms with van der Waals surface area (Å²) in [5.74, 6) is -0.0754. The van der Waals surface area contributed by atoms with Crippen molar-refractivity contribution in [2.45, 2.75) is 38.0 Å². The molecule has 15 heavy (non-hydrogen) atoms. The van der Waals surface area contributed by atoms with Crippen LogP contribution in [0, 0.1) is 0 Å². The Balaban J connectivity index is 2.41. The Morgan fingerprint density at radius 1 is 1.67 bits per heavy atom. The first-order chi connectivity index (χ1) is 6.94. The van der Waals surface area contributed by atoms with Crippen LogP contribution in [0.1, 0.15) is 20.3 Å². The molecule has 88 valence electrons. The molecule has 5 nitrogen and oxygen atoms in total. The lowest BCUT2D eigenvalue weighted by Crippen LogP contribution is -2.52. The summed E-state index contributed by atoms with van der Waals surface area (Å²) in [7, 11) is 1.60. The van der Waals surface area contributed by atoms with Crippen LogP contribution in [0.3, 0.4) is 0 Å². The van der Waals surface area contributed by atoms with Gasteiger partial charge in [0, 0.05) is 13.7 Å². The molecule has 1 rings (SSSR count). The molecule has 3 N–H and O–H groups in total. The zero-order valence-corrected chi connectivity index (χ0v) is 9.54. The molecule has 2 atom stereocenters. The highest BCUT2D eigenvalue weighted by atomic mass is 16.5. The molecule has 1 fully saturated rings. The van der Waals surface area contributed by atoms with Gasteiger partial charge in [-0.2, -0.15) is 0 Å². The maximum absolute atomic E-state index is 11.7. The van der Waals surface area contributed by atoms with Gasteiger partial charge in [0.05, 0.1) is 24.3 Å². The van der Waals surface area contributed by atoms with E-state index in [1.54, 1.807) is 7.11 Å². The summed E-state index contributed by atoms with van der Waals surface area (Å²) in [5, 5.41) is 15.1. The summed E-state index contributed by atoms with van der Waals surface area (Å²) in [4.78, 5) is 11.7. The molecule has 0 saturated carbocycles. The molecular formula is C10H20N2O3. The van der Waals surface area contributed by atoms with Gasteiger partial charge in [-0.1, -0.05) is 0 Å². The van der Waals surface area contributed by atoms with Crippen LogP contribution in [-0.4, -0.2) is 49.0 Å². The van der Waals surface area contributed by atoms with Crippen molar-refractivity contribution in [3.05, 3.63) is 0 Å². The minimum absolute atomic E-state index is 0.0754. The first-order valence-corrected chi connectivity index (χ1v) is 5.17. The molecule has 0 aromatic carbocycles. The molecular weight excluding hydrogens is 196 g/mol. The van der Waals surface area contributed by atoms with Crippen LogP contribution >= 0.6 is 0 Å². The number of aliphatic hydroxyl groups is 1. The number of carbonyl (C=O) groups excluding carboxylic acids is 1. The average Bonchev–Trinajstić information content (AvgIpc) is 2.50. The minimum atomic E-state index is -0.411. The maximum atomic E-state index is 11.7. The predicted molar refractivity (Wildman–Crippen MR) is 56.5 cm³/mol. The van der Waals surface area contributed by atoms with Crippen LogP contribution in [0.5, 0.6) is 0 Å². The van der Waals surface area contributed by atoms with Gasteiger partial charge in [0.1, 0.15) is 0 Å². The molecule has 0 radical (unpaired) electrons. The highest BCUT2D eigenvalue weighted by Crippen LogP contribution is 2.09. The average molecular weight is 216 g/mol. The van der Waals surface area contributed by atoms with Gasteiger partial charge in [-0.25, -0.2) is 0 Å². The number of amides is 1. The van der Waals surface area contributed by atoms with Crippen molar-refractivity contribution in [1.29, 1.82) is 0 Å². The molecule has 0 bridgehead atoms. The van der Waals surface area contributed by atoms with Crippen molar-refractivity contribution < 1.29 is 14.6 Å². The lowest BCUT2D eigenvalue weighted by Gasteiger charge is -2.26. The quantitative estimate of drug-likeness (QED) is 0.578. The molecule has 0 aliphatic carbocycles. The summed E-state index contributed by atoms with van der Waals surface area (Å²) in [6.07, 6.45) is 0.0702. The normalized spacial score (nSPS) is 26.7. The third-order valence-corrected chi connectivity index (χ3v) is 2.39. The van der Waals surface area contributed by atoms with Crippen LogP contribution in [-0.2, 0) is 9.53 Å². The summed E-state index contributed by atoms with van der Waals surface area (Å²) in [6, 6.07) is -0.281. The lowest BCUT2D eigenvalue weighted by molar-refractivity contribution is -0.125. The van der Waals surface area contributed by atoms with Crippen LogP contribution in [0.4, 0.5) is 0 Å². The Morgan fingerprint density at radius 2 is 2.33 bits per heavy atom. The van der Waals surface area contributed by atoms with Crippen molar-refractivity contribution in [2.75, 3.05) is 20.3 Å². The molecule has 1 heterocycles. The maximum Gasteiger partial charge on any atom is 0.237 e. The van der Waals surface area contributed by atoms with E-state index in [0.717, 1.165) is 0 Å². The largest absolute Gasteiger partial charge is 0.392 e. The number of rotatable bonds is 4. The fraction of sp³-hybridized carbons (Fsp3) is 0.900. The Bertz CT molecular complexity index is 231. The lowest BCUT2D eigenvalue weighted by atomic mass is 10.1. The van der Waals surface area contributed by atoms with Gasteiger partial charge in [0.15, 0.2) is 0 Å². The topological polar surface area (TPSA) is 70.6 Å². The Kier molecular flexibility index (Phi) is 4.07. The molecule has 0 aromatic rings. The monoisotopic (exact) mass is 216 g/mol. The smallest absolute Gasteiger partial charge is 0.237 e. The molecule has 1 aliphatic heterocycles. The molecule has 1 saturated heterocycles. The van der Waals surface area contributed by atoms with Gasteiger partial charge in [0.25, 0.3) is 0 Å². The van der Waals surface area contributed by atoms with Crippen LogP contribution < -0.4 is 10.6 Å². The van der Waals surface area contributed by atoms with E-state index in [-0.39, 0.29) is 17.5 Å². The molecule has 2 unspecified atom stereocenters. The fourth-order valence-electron chi connectivity index (χ4n) is 1.73. The standard InChI is InChI=1S/C10H20N2O3/c1-10(2,6-15-3)12-9(14)8-4-7(13)5-11-8/h7-8,11,13H,4-6H2,1-3H3,(H,12,14). The van der Waals surface area contributed by atoms with Gasteiger partial charge in [-0.15, -0.1) is 0 Å². The van der Waals surface area contributed by atoms with Gasteiger partial charge in [0.2, 0.25) is 5.91 Å². The number of hydrogen-bond acceptors (Lipinski definition) is 4. The first kappa shape index (κ1) is 12.4. The van der Waals surface area contributed by atoms with Gasteiger partial charge in [-0.05, 0) is 20.3 Å². The molecule has 0 spiro atoms. The highest BCUT2D eigenvalue weighted by molar-refractivity contribution is 5.82. The van der Waals surface area contributed by atoms with Crippen LogP contribution in [0.2, 0.25) is 0 Å². The number of carbonyl (C=O) groups is 1. The number of methoxy groups -OCH3 is 1. The zero-order valence-electron chi connectivity index (χ0n) is 9.54. The minimum Gasteiger partial charge on any atom is -0.392 e. The molecule has 1 amide bonds. The second-order valence-electron chi connectivity index (χ2n) is 4.66. The predicted octanol–water partition coefficient (Wildman–Crippen LogP) is -0.750. The number of ether oxygens (including phenoxy) is 1. The van der Waals surface area contributed by atoms with Crippen molar-refractivity contribution in [2.24, 2.45) is 0 Å². The van der Waals surface area contributed by atoms with Crippen molar-refractivity contribution in [3.63, 3.8) is 0 Å². The fourth-order valence-corrected chi connectivity index (χ4v) is 1.73. The van der Waals surface area contributed by atoms with Gasteiger partial charge >= 0.3 is 0 Å². The van der Waals surface area contributed by atoms with E-state index in [4.69, 9.17) is 4.74 Å². The number of β-amino-alcohol motifs (C(OH)–C–C–N with tert-alkyl or cyclic N) is 1. The summed E-state index contributed by atoms with van der Waals surface area (Å²) in [5.41, 5.74) is -0.374. The Hall–Kier alpha value is -0.650. The van der Waals surface area contributed by atoms with Crippen LogP contribution in [0.25, 0.3) is 0 Å². The zero-order chi connectivity index (χ0) is 11.5. The number of aliphatic hydroxyl groups excluding tert-OH is 1. The molecule has 5 heteroatoms.